The van der Waals surface area contributed by atoms with Gasteiger partial charge < -0.3 is 5.73 Å². The second-order valence-corrected chi connectivity index (χ2v) is 5.87. The maximum atomic E-state index is 14.2. The van der Waals surface area contributed by atoms with Crippen LogP contribution in [-0.2, 0) is 0 Å². The molecule has 0 spiro atoms. The predicted octanol–water partition coefficient (Wildman–Crippen LogP) is 5.32. The number of nitrogens with zero attached hydrogens (tertiary/aromatic N) is 2. The average molecular weight is 358 g/mol. The molecule has 0 saturated carbocycles. The second kappa shape index (κ2) is 6.48. The Kier molecular flexibility index (Phi) is 4.39. The van der Waals surface area contributed by atoms with Crippen LogP contribution in [0.25, 0.3) is 22.4 Å². The number of nitrogen functional groups attached to an aromatic ring is 1. The third-order valence-corrected chi connectivity index (χ3v) is 4.08. The molecule has 1 aromatic heterocycles. The number of aromatic nitrogens is 1. The number of anilines is 1. The summed E-state index contributed by atoms with van der Waals surface area (Å²) >= 11 is 12.1. The Morgan fingerprint density at radius 1 is 1.00 bits per heavy atom. The van der Waals surface area contributed by atoms with E-state index in [0.717, 1.165) is 0 Å². The molecule has 6 heteroatoms. The van der Waals surface area contributed by atoms with Crippen LogP contribution in [-0.4, -0.2) is 4.98 Å². The van der Waals surface area contributed by atoms with Gasteiger partial charge in [0.15, 0.2) is 0 Å². The second-order valence-electron chi connectivity index (χ2n) is 5.03. The molecular formula is C18H10Cl2FN3. The van der Waals surface area contributed by atoms with Gasteiger partial charge >= 0.3 is 0 Å². The summed E-state index contributed by atoms with van der Waals surface area (Å²) in [5.41, 5.74) is 7.70. The number of pyridine rings is 1. The highest BCUT2D eigenvalue weighted by molar-refractivity contribution is 6.36. The van der Waals surface area contributed by atoms with Crippen LogP contribution in [0.1, 0.15) is 5.56 Å². The van der Waals surface area contributed by atoms with Crippen molar-refractivity contribution in [2.75, 3.05) is 5.73 Å². The summed E-state index contributed by atoms with van der Waals surface area (Å²) in [7, 11) is 0. The molecule has 3 rings (SSSR count). The van der Waals surface area contributed by atoms with Gasteiger partial charge in [0.1, 0.15) is 23.3 Å². The quantitative estimate of drug-likeness (QED) is 0.675. The molecule has 0 aliphatic heterocycles. The van der Waals surface area contributed by atoms with Crippen molar-refractivity contribution in [3.8, 4) is 28.5 Å². The summed E-state index contributed by atoms with van der Waals surface area (Å²) in [5, 5.41) is 10.2. The summed E-state index contributed by atoms with van der Waals surface area (Å²) in [6.45, 7) is 0. The van der Waals surface area contributed by atoms with Crippen LogP contribution in [0, 0.1) is 17.1 Å². The molecule has 0 fully saturated rings. The standard InChI is InChI=1S/C18H10Cl2FN3/c19-10-5-6-12(15(20)7-10)17-8-13(14(9-22)18(23)24-17)11-3-1-2-4-16(11)21/h1-8H,(H2,23,24). The van der Waals surface area contributed by atoms with Gasteiger partial charge in [-0.15, -0.1) is 0 Å². The molecule has 0 atom stereocenters. The Bertz CT molecular complexity index is 980. The molecule has 2 N–H and O–H groups in total. The zero-order valence-corrected chi connectivity index (χ0v) is 13.7. The van der Waals surface area contributed by atoms with Crippen LogP contribution in [0.3, 0.4) is 0 Å². The summed E-state index contributed by atoms with van der Waals surface area (Å²) in [4.78, 5) is 4.23. The molecule has 0 unspecified atom stereocenters. The van der Waals surface area contributed by atoms with E-state index in [0.29, 0.717) is 26.9 Å². The number of nitrogens with two attached hydrogens (primary N) is 1. The highest BCUT2D eigenvalue weighted by atomic mass is 35.5. The van der Waals surface area contributed by atoms with Gasteiger partial charge in [-0.1, -0.05) is 41.4 Å². The maximum absolute atomic E-state index is 14.2. The molecule has 3 nitrogen and oxygen atoms in total. The van der Waals surface area contributed by atoms with Crippen LogP contribution in [0.4, 0.5) is 10.2 Å². The van der Waals surface area contributed by atoms with Crippen molar-refractivity contribution in [3.05, 3.63) is 70.0 Å². The van der Waals surface area contributed by atoms with Crippen molar-refractivity contribution < 1.29 is 4.39 Å². The lowest BCUT2D eigenvalue weighted by molar-refractivity contribution is 0.631. The molecule has 24 heavy (non-hydrogen) atoms. The smallest absolute Gasteiger partial charge is 0.142 e. The Balaban J connectivity index is 2.29. The minimum atomic E-state index is -0.451. The zero-order valence-electron chi connectivity index (χ0n) is 12.2. The minimum Gasteiger partial charge on any atom is -0.383 e. The van der Waals surface area contributed by atoms with Crippen molar-refractivity contribution in [3.63, 3.8) is 0 Å². The van der Waals surface area contributed by atoms with Crippen LogP contribution in [0.5, 0.6) is 0 Å². The zero-order chi connectivity index (χ0) is 17.3. The van der Waals surface area contributed by atoms with Gasteiger partial charge in [0.25, 0.3) is 0 Å². The fourth-order valence-corrected chi connectivity index (χ4v) is 2.91. The largest absolute Gasteiger partial charge is 0.383 e. The van der Waals surface area contributed by atoms with Crippen molar-refractivity contribution in [2.24, 2.45) is 0 Å². The first-order valence-corrected chi connectivity index (χ1v) is 7.68. The highest BCUT2D eigenvalue weighted by Crippen LogP contribution is 2.35. The molecule has 118 valence electrons. The Morgan fingerprint density at radius 2 is 1.75 bits per heavy atom. The first-order valence-electron chi connectivity index (χ1n) is 6.92. The molecule has 0 radical (unpaired) electrons. The molecule has 2 aromatic carbocycles. The third kappa shape index (κ3) is 2.92. The van der Waals surface area contributed by atoms with Crippen LogP contribution < -0.4 is 5.73 Å². The number of benzene rings is 2. The number of halogens is 3. The van der Waals surface area contributed by atoms with Gasteiger partial charge in [-0.3, -0.25) is 0 Å². The molecule has 1 heterocycles. The summed E-state index contributed by atoms with van der Waals surface area (Å²) in [6.07, 6.45) is 0. The van der Waals surface area contributed by atoms with Gasteiger partial charge in [0, 0.05) is 21.7 Å². The fraction of sp³-hybridized carbons (Fsp3) is 0. The Labute approximate surface area is 148 Å². The van der Waals surface area contributed by atoms with E-state index in [-0.39, 0.29) is 16.9 Å². The van der Waals surface area contributed by atoms with Gasteiger partial charge in [-0.05, 0) is 30.3 Å². The number of hydrogen-bond acceptors (Lipinski definition) is 3. The average Bonchev–Trinajstić information content (AvgIpc) is 2.54. The van der Waals surface area contributed by atoms with Gasteiger partial charge in [0.2, 0.25) is 0 Å². The molecule has 0 aliphatic rings. The predicted molar refractivity (Wildman–Crippen MR) is 94.2 cm³/mol. The van der Waals surface area contributed by atoms with E-state index in [9.17, 15) is 9.65 Å². The van der Waals surface area contributed by atoms with E-state index in [1.54, 1.807) is 42.5 Å². The molecule has 0 aliphatic carbocycles. The van der Waals surface area contributed by atoms with E-state index in [2.05, 4.69) is 4.98 Å². The van der Waals surface area contributed by atoms with E-state index >= 15 is 0 Å². The van der Waals surface area contributed by atoms with E-state index in [4.69, 9.17) is 28.9 Å². The third-order valence-electron chi connectivity index (χ3n) is 3.53. The number of rotatable bonds is 2. The van der Waals surface area contributed by atoms with E-state index < -0.39 is 5.82 Å². The van der Waals surface area contributed by atoms with Gasteiger partial charge in [-0.2, -0.15) is 5.26 Å². The fourth-order valence-electron chi connectivity index (χ4n) is 2.41. The lowest BCUT2D eigenvalue weighted by Gasteiger charge is -2.12. The van der Waals surface area contributed by atoms with Crippen molar-refractivity contribution in [1.82, 2.24) is 4.98 Å². The van der Waals surface area contributed by atoms with Crippen LogP contribution in [0.15, 0.2) is 48.5 Å². The molecule has 0 saturated heterocycles. The maximum Gasteiger partial charge on any atom is 0.142 e. The van der Waals surface area contributed by atoms with E-state index in [1.807, 2.05) is 6.07 Å². The highest BCUT2D eigenvalue weighted by Gasteiger charge is 2.17. The molecule has 0 bridgehead atoms. The Morgan fingerprint density at radius 3 is 2.42 bits per heavy atom. The Hall–Kier alpha value is -2.61. The molecular weight excluding hydrogens is 348 g/mol. The topological polar surface area (TPSA) is 62.7 Å². The minimum absolute atomic E-state index is 0.0132. The summed E-state index contributed by atoms with van der Waals surface area (Å²) in [5.74, 6) is -0.438. The van der Waals surface area contributed by atoms with Crippen LogP contribution >= 0.6 is 23.2 Å². The van der Waals surface area contributed by atoms with Crippen molar-refractivity contribution in [1.29, 1.82) is 5.26 Å². The van der Waals surface area contributed by atoms with Gasteiger partial charge in [0.05, 0.1) is 10.7 Å². The first-order chi connectivity index (χ1) is 11.5. The SMILES string of the molecule is N#Cc1c(-c2ccccc2F)cc(-c2ccc(Cl)cc2Cl)nc1N. The summed E-state index contributed by atoms with van der Waals surface area (Å²) < 4.78 is 14.2. The first kappa shape index (κ1) is 16.3. The summed E-state index contributed by atoms with van der Waals surface area (Å²) in [6, 6.07) is 14.7. The van der Waals surface area contributed by atoms with Gasteiger partial charge in [-0.25, -0.2) is 9.37 Å². The molecule has 0 amide bonds. The number of hydrogen-bond donors (Lipinski definition) is 1. The number of nitriles is 1. The van der Waals surface area contributed by atoms with Crippen molar-refractivity contribution >= 4 is 29.0 Å². The lowest BCUT2D eigenvalue weighted by Crippen LogP contribution is -2.00. The normalized spacial score (nSPS) is 10.4. The van der Waals surface area contributed by atoms with Crippen molar-refractivity contribution in [2.45, 2.75) is 0 Å². The monoisotopic (exact) mass is 357 g/mol. The molecule has 3 aromatic rings. The van der Waals surface area contributed by atoms with E-state index in [1.165, 1.54) is 6.07 Å². The van der Waals surface area contributed by atoms with Crippen LogP contribution in [0.2, 0.25) is 10.0 Å². The lowest BCUT2D eigenvalue weighted by atomic mass is 9.98.